The minimum atomic E-state index is 0.472. The fourth-order valence-electron chi connectivity index (χ4n) is 2.76. The van der Waals surface area contributed by atoms with Crippen LogP contribution in [0.1, 0.15) is 65.2 Å². The predicted octanol–water partition coefficient (Wildman–Crippen LogP) is 3.16. The van der Waals surface area contributed by atoms with Gasteiger partial charge in [0.05, 0.1) is 0 Å². The molecule has 1 rings (SSSR count). The number of nitrogens with two attached hydrogens (primary N) is 1. The lowest BCUT2D eigenvalue weighted by Gasteiger charge is -2.37. The molecule has 1 atom stereocenters. The normalized spacial score (nSPS) is 28.3. The van der Waals surface area contributed by atoms with Crippen molar-refractivity contribution in [2.75, 3.05) is 7.05 Å². The summed E-state index contributed by atoms with van der Waals surface area (Å²) in [6, 6.07) is 2.00. The number of rotatable bonds is 6. The Morgan fingerprint density at radius 1 is 1.19 bits per heavy atom. The summed E-state index contributed by atoms with van der Waals surface area (Å²) in [7, 11) is 2.30. The van der Waals surface area contributed by atoms with Crippen molar-refractivity contribution in [3.8, 4) is 0 Å². The third-order valence-electron chi connectivity index (χ3n) is 4.24. The second kappa shape index (κ2) is 7.29. The highest BCUT2D eigenvalue weighted by Gasteiger charge is 2.24. The van der Waals surface area contributed by atoms with Crippen molar-refractivity contribution in [1.82, 2.24) is 4.90 Å². The summed E-state index contributed by atoms with van der Waals surface area (Å²) in [6.45, 7) is 4.65. The van der Waals surface area contributed by atoms with E-state index in [4.69, 9.17) is 5.73 Å². The summed E-state index contributed by atoms with van der Waals surface area (Å²) in [5.74, 6) is 0. The van der Waals surface area contributed by atoms with Gasteiger partial charge in [-0.2, -0.15) is 0 Å². The Hall–Kier alpha value is -0.0800. The molecule has 1 unspecified atom stereocenters. The van der Waals surface area contributed by atoms with Crippen molar-refractivity contribution in [2.45, 2.75) is 83.3 Å². The van der Waals surface area contributed by atoms with Crippen LogP contribution in [0, 0.1) is 0 Å². The van der Waals surface area contributed by atoms with Crippen LogP contribution in [0.5, 0.6) is 0 Å². The maximum absolute atomic E-state index is 5.95. The zero-order valence-corrected chi connectivity index (χ0v) is 11.4. The first-order valence-electron chi connectivity index (χ1n) is 7.12. The van der Waals surface area contributed by atoms with Gasteiger partial charge in [-0.05, 0) is 46.1 Å². The van der Waals surface area contributed by atoms with Crippen LogP contribution < -0.4 is 5.73 Å². The van der Waals surface area contributed by atoms with Crippen molar-refractivity contribution in [2.24, 2.45) is 5.73 Å². The van der Waals surface area contributed by atoms with Gasteiger partial charge in [-0.25, -0.2) is 0 Å². The van der Waals surface area contributed by atoms with Crippen molar-refractivity contribution >= 4 is 0 Å². The molecule has 1 fully saturated rings. The van der Waals surface area contributed by atoms with Gasteiger partial charge < -0.3 is 10.6 Å². The van der Waals surface area contributed by atoms with Crippen molar-refractivity contribution in [3.63, 3.8) is 0 Å². The molecule has 0 radical (unpaired) electrons. The van der Waals surface area contributed by atoms with Crippen LogP contribution in [0.25, 0.3) is 0 Å². The van der Waals surface area contributed by atoms with E-state index in [0.717, 1.165) is 12.1 Å². The van der Waals surface area contributed by atoms with Gasteiger partial charge in [0.1, 0.15) is 0 Å². The van der Waals surface area contributed by atoms with E-state index >= 15 is 0 Å². The minimum absolute atomic E-state index is 0.472. The van der Waals surface area contributed by atoms with Gasteiger partial charge in [-0.1, -0.05) is 26.2 Å². The highest BCUT2D eigenvalue weighted by atomic mass is 15.2. The Labute approximate surface area is 102 Å². The van der Waals surface area contributed by atoms with Crippen LogP contribution in [-0.4, -0.2) is 30.1 Å². The molecular weight excluding hydrogens is 196 g/mol. The van der Waals surface area contributed by atoms with Gasteiger partial charge >= 0.3 is 0 Å². The van der Waals surface area contributed by atoms with Crippen molar-refractivity contribution < 1.29 is 0 Å². The maximum Gasteiger partial charge on any atom is 0.00961 e. The van der Waals surface area contributed by atoms with Gasteiger partial charge in [0.2, 0.25) is 0 Å². The van der Waals surface area contributed by atoms with Crippen LogP contribution in [-0.2, 0) is 0 Å². The number of nitrogens with zero attached hydrogens (tertiary/aromatic N) is 1. The number of hydrogen-bond donors (Lipinski definition) is 1. The van der Waals surface area contributed by atoms with E-state index in [9.17, 15) is 0 Å². The molecule has 96 valence electrons. The highest BCUT2D eigenvalue weighted by molar-refractivity contribution is 4.81. The molecule has 0 spiro atoms. The van der Waals surface area contributed by atoms with E-state index in [1.165, 1.54) is 51.4 Å². The largest absolute Gasteiger partial charge is 0.328 e. The van der Waals surface area contributed by atoms with Crippen LogP contribution in [0.15, 0.2) is 0 Å². The zero-order chi connectivity index (χ0) is 12.0. The van der Waals surface area contributed by atoms with E-state index in [1.807, 2.05) is 0 Å². The average Bonchev–Trinajstić information content (AvgIpc) is 2.29. The lowest BCUT2D eigenvalue weighted by molar-refractivity contribution is 0.133. The summed E-state index contributed by atoms with van der Waals surface area (Å²) >= 11 is 0. The Balaban J connectivity index is 2.24. The van der Waals surface area contributed by atoms with E-state index in [1.54, 1.807) is 0 Å². The average molecular weight is 226 g/mol. The summed E-state index contributed by atoms with van der Waals surface area (Å²) in [5, 5.41) is 0. The topological polar surface area (TPSA) is 29.3 Å². The van der Waals surface area contributed by atoms with Crippen molar-refractivity contribution in [1.29, 1.82) is 0 Å². The fraction of sp³-hybridized carbons (Fsp3) is 1.00. The van der Waals surface area contributed by atoms with Crippen LogP contribution in [0.2, 0.25) is 0 Å². The van der Waals surface area contributed by atoms with Crippen molar-refractivity contribution in [3.05, 3.63) is 0 Å². The molecule has 0 amide bonds. The zero-order valence-electron chi connectivity index (χ0n) is 11.4. The molecular formula is C14H30N2. The van der Waals surface area contributed by atoms with Crippen LogP contribution in [0.3, 0.4) is 0 Å². The van der Waals surface area contributed by atoms with Crippen LogP contribution in [0.4, 0.5) is 0 Å². The predicted molar refractivity (Wildman–Crippen MR) is 71.6 cm³/mol. The van der Waals surface area contributed by atoms with E-state index in [2.05, 4.69) is 25.8 Å². The third-order valence-corrected chi connectivity index (χ3v) is 4.24. The van der Waals surface area contributed by atoms with Gasteiger partial charge in [-0.3, -0.25) is 0 Å². The maximum atomic E-state index is 5.95. The number of hydrogen-bond acceptors (Lipinski definition) is 2. The lowest BCUT2D eigenvalue weighted by atomic mass is 9.90. The summed E-state index contributed by atoms with van der Waals surface area (Å²) in [5.41, 5.74) is 5.95. The standard InChI is InChI=1S/C14H30N2/c1-4-5-6-7-12(2)16(3)14-10-8-13(15)9-11-14/h12-14H,4-11,15H2,1-3H3. The second-order valence-electron chi connectivity index (χ2n) is 5.58. The number of unbranched alkanes of at least 4 members (excludes halogenated alkanes) is 2. The van der Waals surface area contributed by atoms with E-state index in [0.29, 0.717) is 6.04 Å². The fourth-order valence-corrected chi connectivity index (χ4v) is 2.76. The molecule has 0 aromatic rings. The summed E-state index contributed by atoms with van der Waals surface area (Å²) < 4.78 is 0. The first kappa shape index (κ1) is 14.0. The van der Waals surface area contributed by atoms with Gasteiger partial charge in [0, 0.05) is 18.1 Å². The smallest absolute Gasteiger partial charge is 0.00961 e. The van der Waals surface area contributed by atoms with Gasteiger partial charge in [0.25, 0.3) is 0 Å². The molecule has 1 aliphatic carbocycles. The Morgan fingerprint density at radius 2 is 1.81 bits per heavy atom. The van der Waals surface area contributed by atoms with Gasteiger partial charge in [-0.15, -0.1) is 0 Å². The molecule has 0 aromatic carbocycles. The molecule has 1 aliphatic rings. The summed E-state index contributed by atoms with van der Waals surface area (Å²) in [6.07, 6.45) is 10.5. The van der Waals surface area contributed by atoms with Gasteiger partial charge in [0.15, 0.2) is 0 Å². The second-order valence-corrected chi connectivity index (χ2v) is 5.58. The first-order chi connectivity index (χ1) is 7.65. The minimum Gasteiger partial charge on any atom is -0.328 e. The molecule has 0 aliphatic heterocycles. The lowest BCUT2D eigenvalue weighted by Crippen LogP contribution is -2.42. The van der Waals surface area contributed by atoms with E-state index < -0.39 is 0 Å². The molecule has 2 nitrogen and oxygen atoms in total. The molecule has 0 heterocycles. The molecule has 2 N–H and O–H groups in total. The quantitative estimate of drug-likeness (QED) is 0.705. The summed E-state index contributed by atoms with van der Waals surface area (Å²) in [4.78, 5) is 2.60. The Morgan fingerprint density at radius 3 is 2.38 bits per heavy atom. The monoisotopic (exact) mass is 226 g/mol. The van der Waals surface area contributed by atoms with Crippen LogP contribution >= 0.6 is 0 Å². The third kappa shape index (κ3) is 4.42. The Kier molecular flexibility index (Phi) is 6.37. The Bertz CT molecular complexity index is 174. The molecule has 1 saturated carbocycles. The van der Waals surface area contributed by atoms with E-state index in [-0.39, 0.29) is 0 Å². The SMILES string of the molecule is CCCCCC(C)N(C)C1CCC(N)CC1. The molecule has 0 aromatic heterocycles. The molecule has 2 heteroatoms. The molecule has 16 heavy (non-hydrogen) atoms. The highest BCUT2D eigenvalue weighted by Crippen LogP contribution is 2.23. The molecule has 0 saturated heterocycles. The molecule has 0 bridgehead atoms. The first-order valence-corrected chi connectivity index (χ1v) is 7.12.